The molecule has 0 bridgehead atoms. The zero-order valence-corrected chi connectivity index (χ0v) is 12.6. The van der Waals surface area contributed by atoms with Gasteiger partial charge in [0, 0.05) is 6.04 Å². The maximum Gasteiger partial charge on any atom is 0.119 e. The summed E-state index contributed by atoms with van der Waals surface area (Å²) < 4.78 is 6.04. The van der Waals surface area contributed by atoms with Crippen LogP contribution in [0.25, 0.3) is 0 Å². The number of hydrogen-bond donors (Lipinski definition) is 0. The third-order valence-electron chi connectivity index (χ3n) is 3.90. The van der Waals surface area contributed by atoms with E-state index in [2.05, 4.69) is 43.9 Å². The lowest BCUT2D eigenvalue weighted by Crippen LogP contribution is -2.43. The Labute approximate surface area is 117 Å². The molecule has 2 heteroatoms. The van der Waals surface area contributed by atoms with E-state index in [0.29, 0.717) is 6.04 Å². The van der Waals surface area contributed by atoms with Gasteiger partial charge >= 0.3 is 0 Å². The number of piperidine rings is 1. The number of aryl methyl sites for hydroxylation is 2. The standard InChI is InChI=1S/C17H27NO/c1-4-8-18-9-6-5-7-16(18)13-19-17-11-14(2)10-15(3)12-17/h10-12,16H,4-9,13H2,1-3H3. The van der Waals surface area contributed by atoms with Crippen LogP contribution >= 0.6 is 0 Å². The molecule has 1 atom stereocenters. The quantitative estimate of drug-likeness (QED) is 0.796. The second-order valence-electron chi connectivity index (χ2n) is 5.82. The molecule has 1 aromatic rings. The summed E-state index contributed by atoms with van der Waals surface area (Å²) >= 11 is 0. The van der Waals surface area contributed by atoms with Crippen molar-refractivity contribution in [3.63, 3.8) is 0 Å². The number of hydrogen-bond acceptors (Lipinski definition) is 2. The Morgan fingerprint density at radius 2 is 1.89 bits per heavy atom. The van der Waals surface area contributed by atoms with E-state index in [1.165, 1.54) is 49.9 Å². The fourth-order valence-electron chi connectivity index (χ4n) is 3.04. The number of ether oxygens (including phenoxy) is 1. The molecule has 0 saturated carbocycles. The van der Waals surface area contributed by atoms with Crippen LogP contribution in [0, 0.1) is 13.8 Å². The van der Waals surface area contributed by atoms with Crippen LogP contribution in [0.4, 0.5) is 0 Å². The fraction of sp³-hybridized carbons (Fsp3) is 0.647. The number of rotatable bonds is 5. The van der Waals surface area contributed by atoms with Gasteiger partial charge in [0.15, 0.2) is 0 Å². The first-order valence-electron chi connectivity index (χ1n) is 7.64. The molecule has 2 rings (SSSR count). The van der Waals surface area contributed by atoms with Gasteiger partial charge in [0.25, 0.3) is 0 Å². The molecule has 1 unspecified atom stereocenters. The van der Waals surface area contributed by atoms with Crippen molar-refractivity contribution in [2.45, 2.75) is 52.5 Å². The summed E-state index contributed by atoms with van der Waals surface area (Å²) in [7, 11) is 0. The largest absolute Gasteiger partial charge is 0.492 e. The highest BCUT2D eigenvalue weighted by molar-refractivity contribution is 5.33. The Morgan fingerprint density at radius 3 is 2.58 bits per heavy atom. The van der Waals surface area contributed by atoms with E-state index in [-0.39, 0.29) is 0 Å². The molecule has 106 valence electrons. The van der Waals surface area contributed by atoms with Crippen LogP contribution < -0.4 is 4.74 Å². The van der Waals surface area contributed by atoms with Crippen LogP contribution in [0.3, 0.4) is 0 Å². The normalized spacial score (nSPS) is 20.5. The van der Waals surface area contributed by atoms with Gasteiger partial charge in [0.2, 0.25) is 0 Å². The fourth-order valence-corrected chi connectivity index (χ4v) is 3.04. The molecule has 0 aromatic heterocycles. The zero-order valence-electron chi connectivity index (χ0n) is 12.6. The average molecular weight is 261 g/mol. The number of likely N-dealkylation sites (tertiary alicyclic amines) is 1. The van der Waals surface area contributed by atoms with E-state index < -0.39 is 0 Å². The van der Waals surface area contributed by atoms with Crippen molar-refractivity contribution in [3.8, 4) is 5.75 Å². The van der Waals surface area contributed by atoms with Gasteiger partial charge in [-0.1, -0.05) is 19.4 Å². The van der Waals surface area contributed by atoms with E-state index >= 15 is 0 Å². The van der Waals surface area contributed by atoms with E-state index in [9.17, 15) is 0 Å². The van der Waals surface area contributed by atoms with Gasteiger partial charge in [-0.15, -0.1) is 0 Å². The van der Waals surface area contributed by atoms with Crippen molar-refractivity contribution in [3.05, 3.63) is 29.3 Å². The van der Waals surface area contributed by atoms with Crippen LogP contribution in [-0.4, -0.2) is 30.6 Å². The maximum absolute atomic E-state index is 6.04. The minimum absolute atomic E-state index is 0.606. The topological polar surface area (TPSA) is 12.5 Å². The summed E-state index contributed by atoms with van der Waals surface area (Å²) in [5, 5.41) is 0. The molecular formula is C17H27NO. The van der Waals surface area contributed by atoms with Gasteiger partial charge in [0.1, 0.15) is 12.4 Å². The molecular weight excluding hydrogens is 234 g/mol. The van der Waals surface area contributed by atoms with E-state index in [1.54, 1.807) is 0 Å². The second kappa shape index (κ2) is 6.95. The van der Waals surface area contributed by atoms with Crippen LogP contribution in [0.15, 0.2) is 18.2 Å². The third kappa shape index (κ3) is 4.24. The number of nitrogens with zero attached hydrogens (tertiary/aromatic N) is 1. The summed E-state index contributed by atoms with van der Waals surface area (Å²) in [4.78, 5) is 2.60. The molecule has 1 saturated heterocycles. The second-order valence-corrected chi connectivity index (χ2v) is 5.82. The zero-order chi connectivity index (χ0) is 13.7. The summed E-state index contributed by atoms with van der Waals surface area (Å²) in [5.41, 5.74) is 2.56. The predicted octanol–water partition coefficient (Wildman–Crippen LogP) is 3.95. The van der Waals surface area contributed by atoms with Crippen LogP contribution in [0.5, 0.6) is 5.75 Å². The van der Waals surface area contributed by atoms with Gasteiger partial charge in [-0.2, -0.15) is 0 Å². The highest BCUT2D eigenvalue weighted by atomic mass is 16.5. The Kier molecular flexibility index (Phi) is 5.26. The molecule has 0 amide bonds. The Morgan fingerprint density at radius 1 is 1.16 bits per heavy atom. The highest BCUT2D eigenvalue weighted by Gasteiger charge is 2.22. The van der Waals surface area contributed by atoms with Crippen molar-refractivity contribution in [1.82, 2.24) is 4.90 Å². The first-order valence-corrected chi connectivity index (χ1v) is 7.64. The molecule has 1 fully saturated rings. The third-order valence-corrected chi connectivity index (χ3v) is 3.90. The monoisotopic (exact) mass is 261 g/mol. The van der Waals surface area contributed by atoms with Crippen molar-refractivity contribution in [2.75, 3.05) is 19.7 Å². The van der Waals surface area contributed by atoms with Crippen molar-refractivity contribution < 1.29 is 4.74 Å². The highest BCUT2D eigenvalue weighted by Crippen LogP contribution is 2.20. The van der Waals surface area contributed by atoms with Crippen LogP contribution in [0.1, 0.15) is 43.7 Å². The summed E-state index contributed by atoms with van der Waals surface area (Å²) in [6, 6.07) is 7.08. The van der Waals surface area contributed by atoms with Crippen molar-refractivity contribution >= 4 is 0 Å². The molecule has 2 nitrogen and oxygen atoms in total. The summed E-state index contributed by atoms with van der Waals surface area (Å²) in [6.45, 7) is 9.81. The lowest BCUT2D eigenvalue weighted by molar-refractivity contribution is 0.0998. The smallest absolute Gasteiger partial charge is 0.119 e. The molecule has 0 N–H and O–H groups in total. The molecule has 1 heterocycles. The minimum Gasteiger partial charge on any atom is -0.492 e. The van der Waals surface area contributed by atoms with Crippen molar-refractivity contribution in [1.29, 1.82) is 0 Å². The number of benzene rings is 1. The first-order chi connectivity index (χ1) is 9.19. The average Bonchev–Trinajstić information content (AvgIpc) is 2.37. The lowest BCUT2D eigenvalue weighted by Gasteiger charge is -2.35. The van der Waals surface area contributed by atoms with Crippen LogP contribution in [0.2, 0.25) is 0 Å². The first kappa shape index (κ1) is 14.4. The Hall–Kier alpha value is -1.02. The molecule has 19 heavy (non-hydrogen) atoms. The van der Waals surface area contributed by atoms with Gasteiger partial charge in [-0.25, -0.2) is 0 Å². The maximum atomic E-state index is 6.04. The van der Waals surface area contributed by atoms with E-state index in [1.807, 2.05) is 0 Å². The molecule has 1 aliphatic heterocycles. The Balaban J connectivity index is 1.92. The Bertz CT molecular complexity index is 380. The molecule has 0 radical (unpaired) electrons. The van der Waals surface area contributed by atoms with Gasteiger partial charge in [-0.3, -0.25) is 4.90 Å². The van der Waals surface area contributed by atoms with Crippen molar-refractivity contribution in [2.24, 2.45) is 0 Å². The van der Waals surface area contributed by atoms with E-state index in [4.69, 9.17) is 4.74 Å². The molecule has 0 aliphatic carbocycles. The summed E-state index contributed by atoms with van der Waals surface area (Å²) in [5.74, 6) is 1.03. The molecule has 1 aliphatic rings. The summed E-state index contributed by atoms with van der Waals surface area (Å²) in [6.07, 6.45) is 5.21. The van der Waals surface area contributed by atoms with Gasteiger partial charge < -0.3 is 4.74 Å². The SMILES string of the molecule is CCCN1CCCCC1COc1cc(C)cc(C)c1. The van der Waals surface area contributed by atoms with E-state index in [0.717, 1.165) is 12.4 Å². The minimum atomic E-state index is 0.606. The lowest BCUT2D eigenvalue weighted by atomic mass is 10.0. The molecule has 0 spiro atoms. The molecule has 1 aromatic carbocycles. The van der Waals surface area contributed by atoms with Gasteiger partial charge in [0.05, 0.1) is 0 Å². The van der Waals surface area contributed by atoms with Gasteiger partial charge in [-0.05, 0) is 69.5 Å². The van der Waals surface area contributed by atoms with Crippen LogP contribution in [-0.2, 0) is 0 Å². The predicted molar refractivity (Wildman–Crippen MR) is 80.9 cm³/mol.